The monoisotopic (exact) mass is 440 g/mol. The lowest BCUT2D eigenvalue weighted by molar-refractivity contribution is -0.117. The maximum absolute atomic E-state index is 12.4. The van der Waals surface area contributed by atoms with E-state index >= 15 is 0 Å². The molecule has 0 spiro atoms. The van der Waals surface area contributed by atoms with Crippen LogP contribution in [0.1, 0.15) is 10.4 Å². The molecule has 8 nitrogen and oxygen atoms in total. The van der Waals surface area contributed by atoms with Crippen LogP contribution in [-0.2, 0) is 16.1 Å². The average Bonchev–Trinajstić information content (AvgIpc) is 2.76. The number of nitrogens with zero attached hydrogens (tertiary/aromatic N) is 2. The molecule has 3 rings (SSSR count). The van der Waals surface area contributed by atoms with Gasteiger partial charge in [0.1, 0.15) is 6.54 Å². The SMILES string of the molecule is COCCNC(=O)c1ccc(NC(=O)Cn2nc(-c3ccccc3)ccc2=O)cc1Cl. The highest BCUT2D eigenvalue weighted by Gasteiger charge is 2.13. The summed E-state index contributed by atoms with van der Waals surface area (Å²) in [5.74, 6) is -0.790. The number of aromatic nitrogens is 2. The number of amides is 2. The van der Waals surface area contributed by atoms with Gasteiger partial charge in [-0.3, -0.25) is 14.4 Å². The summed E-state index contributed by atoms with van der Waals surface area (Å²) in [7, 11) is 1.54. The Hall–Kier alpha value is -3.49. The first-order valence-corrected chi connectivity index (χ1v) is 9.86. The van der Waals surface area contributed by atoms with Crippen molar-refractivity contribution < 1.29 is 14.3 Å². The number of carbonyl (C=O) groups excluding carboxylic acids is 2. The molecule has 2 N–H and O–H groups in total. The number of carbonyl (C=O) groups is 2. The Morgan fingerprint density at radius 2 is 1.87 bits per heavy atom. The Kier molecular flexibility index (Phi) is 7.53. The van der Waals surface area contributed by atoms with Gasteiger partial charge in [0.2, 0.25) is 5.91 Å². The van der Waals surface area contributed by atoms with Gasteiger partial charge in [-0.25, -0.2) is 4.68 Å². The van der Waals surface area contributed by atoms with Crippen LogP contribution in [0.2, 0.25) is 5.02 Å². The molecule has 0 fully saturated rings. The lowest BCUT2D eigenvalue weighted by Crippen LogP contribution is -2.29. The minimum atomic E-state index is -0.451. The van der Waals surface area contributed by atoms with Crippen molar-refractivity contribution in [3.63, 3.8) is 0 Å². The zero-order chi connectivity index (χ0) is 22.2. The zero-order valence-corrected chi connectivity index (χ0v) is 17.6. The molecule has 0 bridgehead atoms. The number of rotatable bonds is 8. The van der Waals surface area contributed by atoms with Crippen LogP contribution in [-0.4, -0.2) is 41.9 Å². The predicted octanol–water partition coefficient (Wildman–Crippen LogP) is 2.58. The summed E-state index contributed by atoms with van der Waals surface area (Å²) in [4.78, 5) is 36.7. The quantitative estimate of drug-likeness (QED) is 0.524. The smallest absolute Gasteiger partial charge is 0.267 e. The van der Waals surface area contributed by atoms with Gasteiger partial charge in [0.15, 0.2) is 0 Å². The second kappa shape index (κ2) is 10.5. The maximum atomic E-state index is 12.4. The molecule has 2 amide bonds. The van der Waals surface area contributed by atoms with Crippen LogP contribution in [0.15, 0.2) is 65.5 Å². The largest absolute Gasteiger partial charge is 0.383 e. The molecule has 0 unspecified atom stereocenters. The molecule has 1 aromatic heterocycles. The van der Waals surface area contributed by atoms with Gasteiger partial charge in [0, 0.05) is 31.0 Å². The van der Waals surface area contributed by atoms with E-state index in [1.54, 1.807) is 12.1 Å². The lowest BCUT2D eigenvalue weighted by Gasteiger charge is -2.10. The number of anilines is 1. The molecular formula is C22H21ClN4O4. The molecule has 9 heteroatoms. The number of hydrogen-bond donors (Lipinski definition) is 2. The van der Waals surface area contributed by atoms with E-state index in [9.17, 15) is 14.4 Å². The minimum absolute atomic E-state index is 0.189. The Morgan fingerprint density at radius 3 is 2.58 bits per heavy atom. The van der Waals surface area contributed by atoms with Gasteiger partial charge in [0.25, 0.3) is 11.5 Å². The van der Waals surface area contributed by atoms with Crippen molar-refractivity contribution in [3.8, 4) is 11.3 Å². The molecule has 31 heavy (non-hydrogen) atoms. The summed E-state index contributed by atoms with van der Waals surface area (Å²) in [6.07, 6.45) is 0. The van der Waals surface area contributed by atoms with E-state index in [0.717, 1.165) is 10.2 Å². The number of halogens is 1. The van der Waals surface area contributed by atoms with E-state index in [1.807, 2.05) is 30.3 Å². The normalized spacial score (nSPS) is 10.5. The maximum Gasteiger partial charge on any atom is 0.267 e. The Bertz CT molecular complexity index is 1130. The van der Waals surface area contributed by atoms with E-state index < -0.39 is 11.5 Å². The number of ether oxygens (including phenoxy) is 1. The third-order valence-corrected chi connectivity index (χ3v) is 4.63. The molecule has 1 heterocycles. The molecule has 0 atom stereocenters. The highest BCUT2D eigenvalue weighted by atomic mass is 35.5. The van der Waals surface area contributed by atoms with E-state index in [-0.39, 0.29) is 23.0 Å². The average molecular weight is 441 g/mol. The van der Waals surface area contributed by atoms with Crippen molar-refractivity contribution in [2.24, 2.45) is 0 Å². The van der Waals surface area contributed by atoms with Gasteiger partial charge < -0.3 is 15.4 Å². The molecule has 0 aliphatic heterocycles. The standard InChI is InChI=1S/C22H21ClN4O4/c1-31-12-11-24-22(30)17-8-7-16(13-18(17)23)25-20(28)14-27-21(29)10-9-19(26-27)15-5-3-2-4-6-15/h2-10,13H,11-12,14H2,1H3,(H,24,30)(H,25,28). The van der Waals surface area contributed by atoms with Crippen molar-refractivity contribution in [1.82, 2.24) is 15.1 Å². The first-order chi connectivity index (χ1) is 15.0. The summed E-state index contributed by atoms with van der Waals surface area (Å²) in [6, 6.07) is 16.9. The molecule has 0 saturated heterocycles. The Morgan fingerprint density at radius 1 is 1.10 bits per heavy atom. The number of benzene rings is 2. The minimum Gasteiger partial charge on any atom is -0.383 e. The van der Waals surface area contributed by atoms with Crippen LogP contribution < -0.4 is 16.2 Å². The van der Waals surface area contributed by atoms with Gasteiger partial charge in [-0.05, 0) is 24.3 Å². The summed E-state index contributed by atoms with van der Waals surface area (Å²) in [6.45, 7) is 0.473. The fourth-order valence-electron chi connectivity index (χ4n) is 2.80. The third-order valence-electron chi connectivity index (χ3n) is 4.32. The van der Waals surface area contributed by atoms with Gasteiger partial charge >= 0.3 is 0 Å². The van der Waals surface area contributed by atoms with Crippen LogP contribution in [0.3, 0.4) is 0 Å². The molecule has 0 aliphatic carbocycles. The van der Waals surface area contributed by atoms with Crippen molar-refractivity contribution in [3.05, 3.63) is 81.6 Å². The van der Waals surface area contributed by atoms with Crippen LogP contribution in [0.25, 0.3) is 11.3 Å². The molecule has 0 aliphatic rings. The van der Waals surface area contributed by atoms with Crippen molar-refractivity contribution in [1.29, 1.82) is 0 Å². The number of nitrogens with one attached hydrogen (secondary N) is 2. The van der Waals surface area contributed by atoms with Gasteiger partial charge in [0.05, 0.1) is 22.9 Å². The van der Waals surface area contributed by atoms with E-state index in [1.165, 1.54) is 25.3 Å². The predicted molar refractivity (Wildman–Crippen MR) is 118 cm³/mol. The van der Waals surface area contributed by atoms with Crippen LogP contribution in [0.4, 0.5) is 5.69 Å². The topological polar surface area (TPSA) is 102 Å². The number of hydrogen-bond acceptors (Lipinski definition) is 5. The molecule has 2 aromatic carbocycles. The Balaban J connectivity index is 1.68. The zero-order valence-electron chi connectivity index (χ0n) is 16.8. The summed E-state index contributed by atoms with van der Waals surface area (Å²) in [5, 5.41) is 9.80. The van der Waals surface area contributed by atoms with Crippen molar-refractivity contribution >= 4 is 29.1 Å². The summed E-state index contributed by atoms with van der Waals surface area (Å²) >= 11 is 6.18. The molecular weight excluding hydrogens is 420 g/mol. The Labute approximate surface area is 183 Å². The second-order valence-electron chi connectivity index (χ2n) is 6.57. The fraction of sp³-hybridized carbons (Fsp3) is 0.182. The van der Waals surface area contributed by atoms with Gasteiger partial charge in [-0.2, -0.15) is 5.10 Å². The second-order valence-corrected chi connectivity index (χ2v) is 6.98. The molecule has 0 saturated carbocycles. The third kappa shape index (κ3) is 6.00. The first-order valence-electron chi connectivity index (χ1n) is 9.48. The highest BCUT2D eigenvalue weighted by Crippen LogP contribution is 2.21. The summed E-state index contributed by atoms with van der Waals surface area (Å²) < 4.78 is 5.98. The first kappa shape index (κ1) is 22.2. The molecule has 0 radical (unpaired) electrons. The van der Waals surface area contributed by atoms with Crippen LogP contribution in [0.5, 0.6) is 0 Å². The summed E-state index contributed by atoms with van der Waals surface area (Å²) in [5.41, 5.74) is 1.71. The fourth-order valence-corrected chi connectivity index (χ4v) is 3.07. The van der Waals surface area contributed by atoms with Crippen LogP contribution >= 0.6 is 11.6 Å². The number of methoxy groups -OCH3 is 1. The van der Waals surface area contributed by atoms with Gasteiger partial charge in [-0.1, -0.05) is 41.9 Å². The van der Waals surface area contributed by atoms with E-state index in [2.05, 4.69) is 15.7 Å². The van der Waals surface area contributed by atoms with E-state index in [0.29, 0.717) is 24.5 Å². The van der Waals surface area contributed by atoms with E-state index in [4.69, 9.17) is 16.3 Å². The van der Waals surface area contributed by atoms with Crippen molar-refractivity contribution in [2.45, 2.75) is 6.54 Å². The molecule has 160 valence electrons. The molecule has 3 aromatic rings. The highest BCUT2D eigenvalue weighted by molar-refractivity contribution is 6.34. The van der Waals surface area contributed by atoms with Crippen molar-refractivity contribution in [2.75, 3.05) is 25.6 Å². The lowest BCUT2D eigenvalue weighted by atomic mass is 10.1. The van der Waals surface area contributed by atoms with Crippen LogP contribution in [0, 0.1) is 0 Å². The van der Waals surface area contributed by atoms with Gasteiger partial charge in [-0.15, -0.1) is 0 Å².